The molecule has 0 aromatic rings. The van der Waals surface area contributed by atoms with Gasteiger partial charge in [-0.2, -0.15) is 0 Å². The van der Waals surface area contributed by atoms with Gasteiger partial charge in [-0.1, -0.05) is 5.92 Å². The van der Waals surface area contributed by atoms with Gasteiger partial charge in [0.15, 0.2) is 49.4 Å². The highest BCUT2D eigenvalue weighted by molar-refractivity contribution is 5.79. The molecule has 3 fully saturated rings. The van der Waals surface area contributed by atoms with Crippen molar-refractivity contribution in [3.63, 3.8) is 0 Å². The Bertz CT molecular complexity index is 1550. The number of carbonyl (C=O) groups is 8. The number of terminal acetylenes is 1. The van der Waals surface area contributed by atoms with Gasteiger partial charge in [-0.15, -0.1) is 6.42 Å². The summed E-state index contributed by atoms with van der Waals surface area (Å²) >= 11 is 0. The maximum absolute atomic E-state index is 12.7. The Labute approximate surface area is 334 Å². The normalized spacial score (nSPS) is 33.2. The predicted octanol–water partition coefficient (Wildman–Crippen LogP) is -0.0188. The summed E-state index contributed by atoms with van der Waals surface area (Å²) in [6.07, 6.45) is -14.2. The van der Waals surface area contributed by atoms with Crippen molar-refractivity contribution in [2.45, 2.75) is 149 Å². The standard InChI is InChI=1S/C37H50O21/c1-11-12-46-36-33(53-23(9)44)31(51-21(7)42)30(27(55-36)14-47-18(4)39)58-37-34(54-24(10)45)32(52-22(8)43)29(28(56-37)15-48-19(5)40)57-35-26(50-20(6)41)13-25(16(2)38)17(3)49-35/h1,17,25-37H,12-15H2,2-10H3/t17?,25-,26+,27?,28?,29-,30-,31?,32?,33+,34+,35-,36-,37-/m1/s1. The molecule has 0 amide bonds. The van der Waals surface area contributed by atoms with E-state index in [0.717, 1.165) is 48.5 Å². The third kappa shape index (κ3) is 13.7. The Kier molecular flexibility index (Phi) is 18.0. The molecular formula is C37H50O21. The quantitative estimate of drug-likeness (QED) is 0.112. The van der Waals surface area contributed by atoms with Crippen LogP contribution in [0.5, 0.6) is 0 Å². The Morgan fingerprint density at radius 1 is 0.534 bits per heavy atom. The van der Waals surface area contributed by atoms with Crippen molar-refractivity contribution >= 4 is 47.6 Å². The van der Waals surface area contributed by atoms with Gasteiger partial charge >= 0.3 is 41.8 Å². The molecule has 0 spiro atoms. The Hall–Kier alpha value is -4.72. The molecule has 0 radical (unpaired) electrons. The first-order chi connectivity index (χ1) is 27.2. The lowest BCUT2D eigenvalue weighted by Crippen LogP contribution is -2.67. The second-order valence-electron chi connectivity index (χ2n) is 13.5. The molecule has 0 saturated carbocycles. The highest BCUT2D eigenvalue weighted by Crippen LogP contribution is 2.38. The van der Waals surface area contributed by atoms with Crippen LogP contribution in [-0.2, 0) is 99.9 Å². The minimum absolute atomic E-state index is 0.0290. The molecule has 5 unspecified atom stereocenters. The Balaban J connectivity index is 2.19. The minimum atomic E-state index is -1.86. The monoisotopic (exact) mass is 830 g/mol. The van der Waals surface area contributed by atoms with E-state index in [4.69, 9.17) is 68.0 Å². The largest absolute Gasteiger partial charge is 0.463 e. The number of rotatable bonds is 16. The first-order valence-electron chi connectivity index (χ1n) is 18.2. The number of hydrogen-bond donors (Lipinski definition) is 0. The van der Waals surface area contributed by atoms with Crippen molar-refractivity contribution in [2.75, 3.05) is 19.8 Å². The number of Topliss-reactive ketones (excluding diaryl/α,β-unsaturated/α-hetero) is 1. The van der Waals surface area contributed by atoms with Crippen LogP contribution in [-0.4, -0.2) is 147 Å². The summed E-state index contributed by atoms with van der Waals surface area (Å²) in [6, 6.07) is 0. The summed E-state index contributed by atoms with van der Waals surface area (Å²) in [7, 11) is 0. The minimum Gasteiger partial charge on any atom is -0.463 e. The molecule has 58 heavy (non-hydrogen) atoms. The van der Waals surface area contributed by atoms with Gasteiger partial charge in [0.05, 0.1) is 6.10 Å². The molecule has 0 N–H and O–H groups in total. The first kappa shape index (κ1) is 47.7. The zero-order chi connectivity index (χ0) is 43.4. The summed E-state index contributed by atoms with van der Waals surface area (Å²) < 4.78 is 75.0. The van der Waals surface area contributed by atoms with E-state index in [0.29, 0.717) is 0 Å². The molecule has 3 aliphatic rings. The summed E-state index contributed by atoms with van der Waals surface area (Å²) in [5, 5.41) is 0. The molecule has 14 atom stereocenters. The SMILES string of the molecule is C#CCO[C@@H]1OC(COC(C)=O)[C@@H](O[C@H]2OC(COC(C)=O)[C@@H](O[C@H]3OC(C)[C@@H](C(C)=O)C[C@@H]3OC(C)=O)C(OC(C)=O)[C@@H]2OC(C)=O)C(OC(C)=O)[C@@H]1OC(C)=O. The van der Waals surface area contributed by atoms with Crippen molar-refractivity contribution < 1.29 is 99.9 Å². The van der Waals surface area contributed by atoms with Gasteiger partial charge < -0.3 is 61.6 Å². The fourth-order valence-corrected chi connectivity index (χ4v) is 6.60. The van der Waals surface area contributed by atoms with E-state index in [-0.39, 0.29) is 18.8 Å². The Morgan fingerprint density at radius 2 is 0.948 bits per heavy atom. The molecular weight excluding hydrogens is 780 g/mol. The molecule has 21 heteroatoms. The maximum Gasteiger partial charge on any atom is 0.303 e. The van der Waals surface area contributed by atoms with Crippen LogP contribution >= 0.6 is 0 Å². The lowest BCUT2D eigenvalue weighted by atomic mass is 9.89. The molecule has 3 heterocycles. The number of hydrogen-bond acceptors (Lipinski definition) is 21. The average Bonchev–Trinajstić information content (AvgIpc) is 3.09. The van der Waals surface area contributed by atoms with Gasteiger partial charge in [-0.05, 0) is 13.8 Å². The first-order valence-corrected chi connectivity index (χ1v) is 18.2. The lowest BCUT2D eigenvalue weighted by molar-refractivity contribution is -0.374. The zero-order valence-electron chi connectivity index (χ0n) is 33.6. The second-order valence-corrected chi connectivity index (χ2v) is 13.5. The molecule has 0 aromatic carbocycles. The smallest absolute Gasteiger partial charge is 0.303 e. The maximum atomic E-state index is 12.7. The summed E-state index contributed by atoms with van der Waals surface area (Å²) in [5.41, 5.74) is 0. The van der Waals surface area contributed by atoms with E-state index in [1.54, 1.807) is 6.92 Å². The fraction of sp³-hybridized carbons (Fsp3) is 0.730. The number of carbonyl (C=O) groups excluding carboxylic acids is 8. The third-order valence-electron chi connectivity index (χ3n) is 8.75. The van der Waals surface area contributed by atoms with Crippen molar-refractivity contribution in [1.82, 2.24) is 0 Å². The zero-order valence-corrected chi connectivity index (χ0v) is 33.6. The average molecular weight is 831 g/mol. The van der Waals surface area contributed by atoms with Crippen LogP contribution in [0.4, 0.5) is 0 Å². The molecule has 0 bridgehead atoms. The van der Waals surface area contributed by atoms with Crippen LogP contribution in [0.2, 0.25) is 0 Å². The van der Waals surface area contributed by atoms with Crippen LogP contribution in [0, 0.1) is 18.3 Å². The third-order valence-corrected chi connectivity index (χ3v) is 8.75. The summed E-state index contributed by atoms with van der Waals surface area (Å²) in [4.78, 5) is 99.0. The molecule has 0 aliphatic carbocycles. The van der Waals surface area contributed by atoms with Crippen molar-refractivity contribution in [2.24, 2.45) is 5.92 Å². The van der Waals surface area contributed by atoms with Gasteiger partial charge in [0, 0.05) is 60.8 Å². The number of ketones is 1. The van der Waals surface area contributed by atoms with Gasteiger partial charge in [0.2, 0.25) is 0 Å². The van der Waals surface area contributed by atoms with E-state index in [1.807, 2.05) is 0 Å². The Morgan fingerprint density at radius 3 is 1.36 bits per heavy atom. The molecule has 21 nitrogen and oxygen atoms in total. The van der Waals surface area contributed by atoms with Crippen molar-refractivity contribution in [1.29, 1.82) is 0 Å². The topological polar surface area (TPSA) is 257 Å². The van der Waals surface area contributed by atoms with Crippen LogP contribution < -0.4 is 0 Å². The molecule has 3 aliphatic heterocycles. The lowest BCUT2D eigenvalue weighted by Gasteiger charge is -2.49. The van der Waals surface area contributed by atoms with Crippen LogP contribution in [0.15, 0.2) is 0 Å². The fourth-order valence-electron chi connectivity index (χ4n) is 6.60. The van der Waals surface area contributed by atoms with E-state index < -0.39 is 141 Å². The molecule has 0 aromatic heterocycles. The highest BCUT2D eigenvalue weighted by atomic mass is 16.8. The number of ether oxygens (including phenoxy) is 13. The van der Waals surface area contributed by atoms with Crippen LogP contribution in [0.1, 0.15) is 68.7 Å². The predicted molar refractivity (Wildman–Crippen MR) is 186 cm³/mol. The van der Waals surface area contributed by atoms with Gasteiger partial charge in [-0.3, -0.25) is 38.4 Å². The van der Waals surface area contributed by atoms with Crippen LogP contribution in [0.3, 0.4) is 0 Å². The van der Waals surface area contributed by atoms with Gasteiger partial charge in [0.1, 0.15) is 50.0 Å². The van der Waals surface area contributed by atoms with E-state index in [9.17, 15) is 38.4 Å². The highest BCUT2D eigenvalue weighted by Gasteiger charge is 2.58. The van der Waals surface area contributed by atoms with Gasteiger partial charge in [0.25, 0.3) is 0 Å². The number of esters is 7. The second kappa shape index (κ2) is 21.9. The van der Waals surface area contributed by atoms with E-state index in [1.165, 1.54) is 6.92 Å². The van der Waals surface area contributed by atoms with Crippen LogP contribution in [0.25, 0.3) is 0 Å². The summed E-state index contributed by atoms with van der Waals surface area (Å²) in [6.45, 7) is 8.84. The van der Waals surface area contributed by atoms with E-state index >= 15 is 0 Å². The molecule has 3 rings (SSSR count). The molecule has 324 valence electrons. The van der Waals surface area contributed by atoms with E-state index in [2.05, 4.69) is 5.92 Å². The molecule has 3 saturated heterocycles. The van der Waals surface area contributed by atoms with Crippen molar-refractivity contribution in [3.8, 4) is 12.3 Å². The van der Waals surface area contributed by atoms with Gasteiger partial charge in [-0.25, -0.2) is 0 Å². The summed E-state index contributed by atoms with van der Waals surface area (Å²) in [5.74, 6) is -4.66. The van der Waals surface area contributed by atoms with Crippen molar-refractivity contribution in [3.05, 3.63) is 0 Å².